The molecule has 1 amide bonds. The van der Waals surface area contributed by atoms with Gasteiger partial charge in [0.15, 0.2) is 0 Å². The van der Waals surface area contributed by atoms with Gasteiger partial charge in [-0.15, -0.1) is 0 Å². The minimum atomic E-state index is -0.562. The number of nitrogens with zero attached hydrogens (tertiary/aromatic N) is 3. The van der Waals surface area contributed by atoms with E-state index in [1.165, 1.54) is 4.90 Å². The number of carbonyl (C=O) groups is 1. The Morgan fingerprint density at radius 3 is 2.57 bits per heavy atom. The number of carbonyl (C=O) groups excluding carboxylic acids is 1. The number of hydrogen-bond donors (Lipinski definition) is 1. The largest absolute Gasteiger partial charge is 0.445 e. The molecule has 0 spiro atoms. The number of rotatable bonds is 6. The summed E-state index contributed by atoms with van der Waals surface area (Å²) in [6, 6.07) is 9.57. The van der Waals surface area contributed by atoms with Crippen LogP contribution in [-0.2, 0) is 11.3 Å². The van der Waals surface area contributed by atoms with Gasteiger partial charge in [-0.1, -0.05) is 30.3 Å². The number of benzene rings is 1. The summed E-state index contributed by atoms with van der Waals surface area (Å²) in [4.78, 5) is 17.9. The van der Waals surface area contributed by atoms with Crippen LogP contribution < -0.4 is 0 Å². The Labute approximate surface area is 138 Å². The zero-order chi connectivity index (χ0) is 16.7. The number of aliphatic hydroxyl groups excluding tert-OH is 1. The fraction of sp³-hybridized carbons (Fsp3) is 0.588. The van der Waals surface area contributed by atoms with Crippen LogP contribution in [0.15, 0.2) is 30.3 Å². The highest BCUT2D eigenvalue weighted by molar-refractivity contribution is 5.67. The standard InChI is InChI=1S/C17H27N3O3/c1-18-8-10-20(11-9-18)13-16(21)12-19(2)17(22)23-14-15-6-4-3-5-7-15/h3-7,16,21H,8-14H2,1-2H3. The zero-order valence-corrected chi connectivity index (χ0v) is 14.0. The monoisotopic (exact) mass is 321 g/mol. The molecule has 1 heterocycles. The Bertz CT molecular complexity index is 475. The van der Waals surface area contributed by atoms with E-state index in [0.29, 0.717) is 6.54 Å². The maximum absolute atomic E-state index is 12.0. The number of hydrogen-bond acceptors (Lipinski definition) is 5. The van der Waals surface area contributed by atoms with E-state index < -0.39 is 12.2 Å². The van der Waals surface area contributed by atoms with Gasteiger partial charge >= 0.3 is 6.09 Å². The highest BCUT2D eigenvalue weighted by Crippen LogP contribution is 2.05. The van der Waals surface area contributed by atoms with Crippen LogP contribution in [0.4, 0.5) is 4.79 Å². The first-order valence-corrected chi connectivity index (χ1v) is 8.05. The topological polar surface area (TPSA) is 56.2 Å². The summed E-state index contributed by atoms with van der Waals surface area (Å²) < 4.78 is 5.25. The smallest absolute Gasteiger partial charge is 0.409 e. The summed E-state index contributed by atoms with van der Waals surface area (Å²) in [5.41, 5.74) is 0.951. The summed E-state index contributed by atoms with van der Waals surface area (Å²) in [5.74, 6) is 0. The molecular weight excluding hydrogens is 294 g/mol. The van der Waals surface area contributed by atoms with Gasteiger partial charge in [0.2, 0.25) is 0 Å². The van der Waals surface area contributed by atoms with Crippen LogP contribution in [0, 0.1) is 0 Å². The Hall–Kier alpha value is -1.63. The van der Waals surface area contributed by atoms with Crippen LogP contribution >= 0.6 is 0 Å². The van der Waals surface area contributed by atoms with Crippen molar-refractivity contribution in [2.24, 2.45) is 0 Å². The molecular formula is C17H27N3O3. The van der Waals surface area contributed by atoms with Crippen LogP contribution in [0.3, 0.4) is 0 Å². The Morgan fingerprint density at radius 2 is 1.91 bits per heavy atom. The second-order valence-corrected chi connectivity index (χ2v) is 6.18. The van der Waals surface area contributed by atoms with Crippen molar-refractivity contribution >= 4 is 6.09 Å². The molecule has 1 unspecified atom stereocenters. The molecule has 1 aliphatic rings. The quantitative estimate of drug-likeness (QED) is 0.842. The molecule has 1 N–H and O–H groups in total. The molecule has 1 aliphatic heterocycles. The lowest BCUT2D eigenvalue weighted by Gasteiger charge is -2.34. The Morgan fingerprint density at radius 1 is 1.26 bits per heavy atom. The summed E-state index contributed by atoms with van der Waals surface area (Å²) in [7, 11) is 3.75. The van der Waals surface area contributed by atoms with E-state index >= 15 is 0 Å². The van der Waals surface area contributed by atoms with E-state index in [-0.39, 0.29) is 13.2 Å². The SMILES string of the molecule is CN1CCN(CC(O)CN(C)C(=O)OCc2ccccc2)CC1. The van der Waals surface area contributed by atoms with Crippen LogP contribution in [0.5, 0.6) is 0 Å². The normalized spacial score (nSPS) is 17.7. The van der Waals surface area contributed by atoms with Gasteiger partial charge in [0.05, 0.1) is 12.6 Å². The van der Waals surface area contributed by atoms with E-state index in [1.54, 1.807) is 7.05 Å². The van der Waals surface area contributed by atoms with Gasteiger partial charge in [0, 0.05) is 39.8 Å². The molecule has 1 aromatic rings. The highest BCUT2D eigenvalue weighted by atomic mass is 16.6. The molecule has 0 aliphatic carbocycles. The summed E-state index contributed by atoms with van der Waals surface area (Å²) in [5, 5.41) is 10.2. The first-order valence-electron chi connectivity index (χ1n) is 8.05. The number of likely N-dealkylation sites (N-methyl/N-ethyl adjacent to an activating group) is 2. The van der Waals surface area contributed by atoms with Gasteiger partial charge in [0.25, 0.3) is 0 Å². The summed E-state index contributed by atoms with van der Waals surface area (Å²) >= 11 is 0. The number of piperazine rings is 1. The molecule has 6 nitrogen and oxygen atoms in total. The molecule has 0 bridgehead atoms. The lowest BCUT2D eigenvalue weighted by atomic mass is 10.2. The van der Waals surface area contributed by atoms with Crippen LogP contribution in [-0.4, -0.2) is 85.4 Å². The lowest BCUT2D eigenvalue weighted by Crippen LogP contribution is -2.49. The third-order valence-electron chi connectivity index (χ3n) is 4.07. The van der Waals surface area contributed by atoms with Gasteiger partial charge < -0.3 is 19.6 Å². The third kappa shape index (κ3) is 6.17. The van der Waals surface area contributed by atoms with Crippen molar-refractivity contribution in [2.45, 2.75) is 12.7 Å². The van der Waals surface area contributed by atoms with Crippen molar-refractivity contribution in [1.82, 2.24) is 14.7 Å². The fourth-order valence-corrected chi connectivity index (χ4v) is 2.61. The molecule has 2 rings (SSSR count). The summed E-state index contributed by atoms with van der Waals surface area (Å²) in [6.07, 6.45) is -0.973. The Kier molecular flexibility index (Phi) is 6.83. The lowest BCUT2D eigenvalue weighted by molar-refractivity contribution is 0.0501. The number of β-amino-alcohol motifs (C(OH)–C–C–N with tert-alkyl or cyclic N) is 1. The van der Waals surface area contributed by atoms with Gasteiger partial charge in [-0.05, 0) is 12.6 Å². The predicted octanol–water partition coefficient (Wildman–Crippen LogP) is 0.863. The molecule has 1 atom stereocenters. The fourth-order valence-electron chi connectivity index (χ4n) is 2.61. The van der Waals surface area contributed by atoms with E-state index in [4.69, 9.17) is 4.74 Å². The number of ether oxygens (including phenoxy) is 1. The van der Waals surface area contributed by atoms with E-state index in [1.807, 2.05) is 30.3 Å². The second-order valence-electron chi connectivity index (χ2n) is 6.18. The van der Waals surface area contributed by atoms with Crippen LogP contribution in [0.2, 0.25) is 0 Å². The maximum Gasteiger partial charge on any atom is 0.409 e. The van der Waals surface area contributed by atoms with E-state index in [2.05, 4.69) is 16.8 Å². The van der Waals surface area contributed by atoms with Gasteiger partial charge in [-0.2, -0.15) is 0 Å². The maximum atomic E-state index is 12.0. The van der Waals surface area contributed by atoms with Crippen molar-refractivity contribution in [3.63, 3.8) is 0 Å². The van der Waals surface area contributed by atoms with E-state index in [0.717, 1.165) is 31.7 Å². The molecule has 1 fully saturated rings. The van der Waals surface area contributed by atoms with Crippen molar-refractivity contribution in [2.75, 3.05) is 53.4 Å². The minimum absolute atomic E-state index is 0.249. The van der Waals surface area contributed by atoms with Gasteiger partial charge in [-0.25, -0.2) is 4.79 Å². The molecule has 0 aromatic heterocycles. The summed E-state index contributed by atoms with van der Waals surface area (Å²) in [6.45, 7) is 5.05. The van der Waals surface area contributed by atoms with Crippen LogP contribution in [0.1, 0.15) is 5.56 Å². The first kappa shape index (κ1) is 17.7. The highest BCUT2D eigenvalue weighted by Gasteiger charge is 2.20. The van der Waals surface area contributed by atoms with E-state index in [9.17, 15) is 9.90 Å². The number of aliphatic hydroxyl groups is 1. The second kappa shape index (κ2) is 8.86. The van der Waals surface area contributed by atoms with Crippen molar-refractivity contribution in [1.29, 1.82) is 0 Å². The molecule has 0 radical (unpaired) electrons. The first-order chi connectivity index (χ1) is 11.0. The van der Waals surface area contributed by atoms with Crippen molar-refractivity contribution in [3.8, 4) is 0 Å². The minimum Gasteiger partial charge on any atom is -0.445 e. The average Bonchev–Trinajstić information content (AvgIpc) is 2.55. The Balaban J connectivity index is 1.68. The number of amides is 1. The van der Waals surface area contributed by atoms with Crippen molar-refractivity contribution < 1.29 is 14.6 Å². The van der Waals surface area contributed by atoms with Crippen LogP contribution in [0.25, 0.3) is 0 Å². The van der Waals surface area contributed by atoms with Gasteiger partial charge in [-0.3, -0.25) is 4.90 Å². The molecule has 1 saturated heterocycles. The molecule has 23 heavy (non-hydrogen) atoms. The van der Waals surface area contributed by atoms with Gasteiger partial charge in [0.1, 0.15) is 6.61 Å². The molecule has 1 aromatic carbocycles. The van der Waals surface area contributed by atoms with Crippen molar-refractivity contribution in [3.05, 3.63) is 35.9 Å². The molecule has 6 heteroatoms. The zero-order valence-electron chi connectivity index (χ0n) is 14.0. The molecule has 128 valence electrons. The third-order valence-corrected chi connectivity index (χ3v) is 4.07. The average molecular weight is 321 g/mol. The molecule has 0 saturated carbocycles. The predicted molar refractivity (Wildman–Crippen MR) is 89.2 cm³/mol.